The third kappa shape index (κ3) is 32.3. The molecule has 0 bridgehead atoms. The fourth-order valence-electron chi connectivity index (χ4n) is 4.02. The summed E-state index contributed by atoms with van der Waals surface area (Å²) in [6.07, 6.45) is -1.55. The van der Waals surface area contributed by atoms with E-state index in [4.69, 9.17) is 71.1 Å². The number of aliphatic hydroxyl groups excluding tert-OH is 3. The van der Waals surface area contributed by atoms with Crippen LogP contribution < -0.4 is 0 Å². The molecule has 18 nitrogen and oxygen atoms in total. The highest BCUT2D eigenvalue weighted by atomic mass is 16.6. The fourth-order valence-corrected chi connectivity index (χ4v) is 4.02. The first-order valence-corrected chi connectivity index (χ1v) is 18.3. The van der Waals surface area contributed by atoms with E-state index in [0.29, 0.717) is 165 Å². The van der Waals surface area contributed by atoms with Crippen LogP contribution in [0.25, 0.3) is 0 Å². The largest absolute Gasteiger partial charge is 0.510 e. The Morgan fingerprint density at radius 1 is 0.259 bits per heavy atom. The predicted octanol–water partition coefficient (Wildman–Crippen LogP) is 1.57. The van der Waals surface area contributed by atoms with Crippen molar-refractivity contribution in [1.82, 2.24) is 0 Å². The molecule has 0 aromatic heterocycles. The van der Waals surface area contributed by atoms with E-state index in [-0.39, 0.29) is 30.5 Å². The lowest BCUT2D eigenvalue weighted by Crippen LogP contribution is -2.26. The first-order chi connectivity index (χ1) is 26.4. The SMILES string of the molecule is C=C(O)C1COCCOCCOCCO1.C=C(O)C1COCCOCCOCCOCCO1.C=C(O)C1COCCOCCOCCOCCOCCO1. The molecule has 0 aliphatic carbocycles. The fraction of sp³-hybridized carbons (Fsp3) is 0.833. The van der Waals surface area contributed by atoms with E-state index >= 15 is 0 Å². The topological polar surface area (TPSA) is 199 Å². The molecule has 3 atom stereocenters. The third-order valence-corrected chi connectivity index (χ3v) is 6.91. The Kier molecular flexibility index (Phi) is 35.1. The molecule has 3 fully saturated rings. The zero-order chi connectivity index (χ0) is 39.2. The summed E-state index contributed by atoms with van der Waals surface area (Å²) in [4.78, 5) is 0. The summed E-state index contributed by atoms with van der Waals surface area (Å²) in [6, 6.07) is 0. The Hall–Kier alpha value is -1.98. The summed E-state index contributed by atoms with van der Waals surface area (Å²) >= 11 is 0. The van der Waals surface area contributed by atoms with Gasteiger partial charge in [0, 0.05) is 0 Å². The summed E-state index contributed by atoms with van der Waals surface area (Å²) in [5.41, 5.74) is 0. The standard InChI is InChI=1S/C14H26O7.C12H22O6.C10H18O5/c1-13(15)14-12-20-9-8-18-5-4-16-2-3-17-6-7-19-10-11-21-14;1-11(13)12-10-17-7-6-15-3-2-14-4-5-16-8-9-18-12;1-9(11)10-8-14-5-4-12-2-3-13-6-7-15-10/h14-15H,1-12H2;12-13H,1-10H2;10-11H,1-8H2. The van der Waals surface area contributed by atoms with E-state index in [1.807, 2.05) is 0 Å². The minimum Gasteiger partial charge on any atom is -0.510 e. The van der Waals surface area contributed by atoms with Gasteiger partial charge in [0.2, 0.25) is 0 Å². The Bertz CT molecular complexity index is 835. The van der Waals surface area contributed by atoms with Crippen LogP contribution in [-0.2, 0) is 71.1 Å². The minimum absolute atomic E-state index is 0.0204. The monoisotopic (exact) mass is 786 g/mol. The van der Waals surface area contributed by atoms with Gasteiger partial charge >= 0.3 is 0 Å². The Balaban J connectivity index is 0.000000411. The molecule has 0 saturated carbocycles. The number of hydrogen-bond donors (Lipinski definition) is 3. The summed E-state index contributed by atoms with van der Waals surface area (Å²) in [6.45, 7) is 22.9. The van der Waals surface area contributed by atoms with Gasteiger partial charge in [-0.2, -0.15) is 0 Å². The van der Waals surface area contributed by atoms with Gasteiger partial charge < -0.3 is 86.4 Å². The molecular weight excluding hydrogens is 720 g/mol. The average molecular weight is 787 g/mol. The molecule has 0 amide bonds. The van der Waals surface area contributed by atoms with Crippen LogP contribution in [0.3, 0.4) is 0 Å². The first kappa shape index (κ1) is 50.0. The maximum atomic E-state index is 9.43. The molecule has 0 radical (unpaired) electrons. The van der Waals surface area contributed by atoms with Gasteiger partial charge in [0.05, 0.1) is 178 Å². The van der Waals surface area contributed by atoms with Gasteiger partial charge in [0.25, 0.3) is 0 Å². The third-order valence-electron chi connectivity index (χ3n) is 6.91. The van der Waals surface area contributed by atoms with E-state index in [0.717, 1.165) is 0 Å². The second-order valence-corrected chi connectivity index (χ2v) is 11.3. The highest BCUT2D eigenvalue weighted by Crippen LogP contribution is 2.05. The van der Waals surface area contributed by atoms with Crippen LogP contribution in [0.4, 0.5) is 0 Å². The zero-order valence-corrected chi connectivity index (χ0v) is 31.9. The van der Waals surface area contributed by atoms with Crippen LogP contribution in [0.15, 0.2) is 37.0 Å². The van der Waals surface area contributed by atoms with Crippen molar-refractivity contribution in [3.05, 3.63) is 37.0 Å². The van der Waals surface area contributed by atoms with E-state index in [1.54, 1.807) is 0 Å². The Morgan fingerprint density at radius 3 is 0.574 bits per heavy atom. The van der Waals surface area contributed by atoms with E-state index in [1.165, 1.54) is 0 Å². The molecule has 3 unspecified atom stereocenters. The quantitative estimate of drug-likeness (QED) is 0.348. The summed E-state index contributed by atoms with van der Waals surface area (Å²) in [5.74, 6) is -0.112. The van der Waals surface area contributed by atoms with Crippen LogP contribution in [0.5, 0.6) is 0 Å². The van der Waals surface area contributed by atoms with Crippen molar-refractivity contribution in [3.8, 4) is 0 Å². The molecule has 3 rings (SSSR count). The summed E-state index contributed by atoms with van der Waals surface area (Å²) < 4.78 is 79.8. The molecule has 318 valence electrons. The molecule has 54 heavy (non-hydrogen) atoms. The Labute approximate surface area is 320 Å². The second kappa shape index (κ2) is 37.9. The number of aliphatic hydroxyl groups is 3. The van der Waals surface area contributed by atoms with Crippen molar-refractivity contribution in [1.29, 1.82) is 0 Å². The predicted molar refractivity (Wildman–Crippen MR) is 194 cm³/mol. The summed E-state index contributed by atoms with van der Waals surface area (Å²) in [5, 5.41) is 28.0. The van der Waals surface area contributed by atoms with Gasteiger partial charge in [0.15, 0.2) is 0 Å². The second-order valence-electron chi connectivity index (χ2n) is 11.3. The van der Waals surface area contributed by atoms with E-state index < -0.39 is 18.3 Å². The minimum atomic E-state index is -0.549. The molecule has 0 spiro atoms. The lowest BCUT2D eigenvalue weighted by Gasteiger charge is -2.18. The van der Waals surface area contributed by atoms with Crippen LogP contribution in [-0.4, -0.2) is 212 Å². The van der Waals surface area contributed by atoms with Crippen molar-refractivity contribution in [2.24, 2.45) is 0 Å². The molecule has 3 aliphatic heterocycles. The van der Waals surface area contributed by atoms with Crippen LogP contribution >= 0.6 is 0 Å². The number of hydrogen-bond acceptors (Lipinski definition) is 18. The van der Waals surface area contributed by atoms with Gasteiger partial charge in [-0.3, -0.25) is 0 Å². The molecule has 3 saturated heterocycles. The van der Waals surface area contributed by atoms with Gasteiger partial charge in [-0.05, 0) is 0 Å². The average Bonchev–Trinajstić information content (AvgIpc) is 3.15. The van der Waals surface area contributed by atoms with Crippen molar-refractivity contribution < 1.29 is 86.4 Å². The van der Waals surface area contributed by atoms with Crippen LogP contribution in [0.2, 0.25) is 0 Å². The lowest BCUT2D eigenvalue weighted by atomic mass is 10.3. The van der Waals surface area contributed by atoms with Gasteiger partial charge in [-0.25, -0.2) is 0 Å². The van der Waals surface area contributed by atoms with Crippen molar-refractivity contribution >= 4 is 0 Å². The van der Waals surface area contributed by atoms with E-state index in [2.05, 4.69) is 19.7 Å². The van der Waals surface area contributed by atoms with Gasteiger partial charge in [-0.1, -0.05) is 19.7 Å². The summed E-state index contributed by atoms with van der Waals surface area (Å²) in [7, 11) is 0. The van der Waals surface area contributed by atoms with E-state index in [9.17, 15) is 15.3 Å². The number of rotatable bonds is 3. The maximum absolute atomic E-state index is 9.43. The normalized spacial score (nSPS) is 25.9. The van der Waals surface area contributed by atoms with Crippen LogP contribution in [0, 0.1) is 0 Å². The smallest absolute Gasteiger partial charge is 0.137 e. The van der Waals surface area contributed by atoms with Crippen molar-refractivity contribution in [3.63, 3.8) is 0 Å². The first-order valence-electron chi connectivity index (χ1n) is 18.3. The highest BCUT2D eigenvalue weighted by Gasteiger charge is 2.15. The highest BCUT2D eigenvalue weighted by molar-refractivity contribution is 4.91. The zero-order valence-electron chi connectivity index (χ0n) is 31.9. The Morgan fingerprint density at radius 2 is 0.407 bits per heavy atom. The lowest BCUT2D eigenvalue weighted by molar-refractivity contribution is -0.0646. The van der Waals surface area contributed by atoms with Crippen LogP contribution in [0.1, 0.15) is 0 Å². The molecule has 0 aromatic carbocycles. The van der Waals surface area contributed by atoms with Gasteiger partial charge in [-0.15, -0.1) is 0 Å². The molecular formula is C36H66O18. The van der Waals surface area contributed by atoms with Crippen molar-refractivity contribution in [2.45, 2.75) is 18.3 Å². The molecule has 0 aromatic rings. The molecule has 18 heteroatoms. The molecule has 3 aliphatic rings. The molecule has 3 heterocycles. The van der Waals surface area contributed by atoms with Crippen molar-refractivity contribution in [2.75, 3.05) is 178 Å². The van der Waals surface area contributed by atoms with Gasteiger partial charge in [0.1, 0.15) is 35.6 Å². The number of ether oxygens (including phenoxy) is 15. The maximum Gasteiger partial charge on any atom is 0.137 e. The molecule has 3 N–H and O–H groups in total.